The summed E-state index contributed by atoms with van der Waals surface area (Å²) >= 11 is 5.98. The van der Waals surface area contributed by atoms with Crippen molar-refractivity contribution < 1.29 is 9.72 Å². The molecule has 0 radical (unpaired) electrons. The van der Waals surface area contributed by atoms with Crippen LogP contribution < -0.4 is 0 Å². The molecular formula is C22H26ClN3O3. The second-order valence-corrected chi connectivity index (χ2v) is 8.12. The SMILES string of the molecule is CC1CCN(CCN(Cc2ccc(Cl)cc2)C(=O)c2ccc([N+](=O)[O-])cc2)CC1. The summed E-state index contributed by atoms with van der Waals surface area (Å²) in [6.07, 6.45) is 2.38. The topological polar surface area (TPSA) is 66.7 Å². The summed E-state index contributed by atoms with van der Waals surface area (Å²) in [5.74, 6) is 0.637. The fourth-order valence-corrected chi connectivity index (χ4v) is 3.64. The van der Waals surface area contributed by atoms with Crippen molar-refractivity contribution in [3.8, 4) is 0 Å². The van der Waals surface area contributed by atoms with Crippen LogP contribution in [-0.4, -0.2) is 46.8 Å². The zero-order chi connectivity index (χ0) is 20.8. The van der Waals surface area contributed by atoms with E-state index in [2.05, 4.69) is 11.8 Å². The van der Waals surface area contributed by atoms with E-state index in [1.807, 2.05) is 29.2 Å². The molecule has 0 bridgehead atoms. The van der Waals surface area contributed by atoms with Crippen molar-refractivity contribution in [2.45, 2.75) is 26.3 Å². The van der Waals surface area contributed by atoms with E-state index in [0.29, 0.717) is 23.7 Å². The van der Waals surface area contributed by atoms with Gasteiger partial charge in [-0.2, -0.15) is 0 Å². The number of carbonyl (C=O) groups excluding carboxylic acids is 1. The molecule has 29 heavy (non-hydrogen) atoms. The van der Waals surface area contributed by atoms with Crippen LogP contribution in [0.3, 0.4) is 0 Å². The Morgan fingerprint density at radius 2 is 1.76 bits per heavy atom. The van der Waals surface area contributed by atoms with Crippen molar-refractivity contribution in [2.24, 2.45) is 5.92 Å². The van der Waals surface area contributed by atoms with E-state index in [1.165, 1.54) is 37.1 Å². The van der Waals surface area contributed by atoms with Crippen LogP contribution in [0.1, 0.15) is 35.7 Å². The summed E-state index contributed by atoms with van der Waals surface area (Å²) in [5.41, 5.74) is 1.43. The minimum absolute atomic E-state index is 0.0202. The number of halogens is 1. The van der Waals surface area contributed by atoms with E-state index in [9.17, 15) is 14.9 Å². The number of nitrogens with zero attached hydrogens (tertiary/aromatic N) is 3. The first-order chi connectivity index (χ1) is 13.9. The van der Waals surface area contributed by atoms with Crippen molar-refractivity contribution in [3.63, 3.8) is 0 Å². The van der Waals surface area contributed by atoms with Crippen molar-refractivity contribution >= 4 is 23.2 Å². The molecule has 0 N–H and O–H groups in total. The standard InChI is InChI=1S/C22H26ClN3O3/c1-17-10-12-24(13-11-17)14-15-25(16-18-2-6-20(23)7-3-18)22(27)19-4-8-21(9-5-19)26(28)29/h2-9,17H,10-16H2,1H3. The van der Waals surface area contributed by atoms with Gasteiger partial charge in [-0.25, -0.2) is 0 Å². The number of nitro groups is 1. The summed E-state index contributed by atoms with van der Waals surface area (Å²) in [5, 5.41) is 11.5. The molecule has 6 nitrogen and oxygen atoms in total. The van der Waals surface area contributed by atoms with Crippen LogP contribution >= 0.6 is 11.6 Å². The van der Waals surface area contributed by atoms with E-state index >= 15 is 0 Å². The lowest BCUT2D eigenvalue weighted by atomic mass is 9.99. The van der Waals surface area contributed by atoms with Gasteiger partial charge in [0.05, 0.1) is 4.92 Å². The summed E-state index contributed by atoms with van der Waals surface area (Å²) in [7, 11) is 0. The smallest absolute Gasteiger partial charge is 0.269 e. The highest BCUT2D eigenvalue weighted by atomic mass is 35.5. The van der Waals surface area contributed by atoms with Crippen LogP contribution in [-0.2, 0) is 6.54 Å². The number of carbonyl (C=O) groups is 1. The Balaban J connectivity index is 1.72. The van der Waals surface area contributed by atoms with Crippen LogP contribution in [0.25, 0.3) is 0 Å². The molecule has 0 aromatic heterocycles. The molecule has 0 aliphatic carbocycles. The lowest BCUT2D eigenvalue weighted by Crippen LogP contribution is -2.41. The molecule has 2 aromatic carbocycles. The maximum absolute atomic E-state index is 13.1. The fraction of sp³-hybridized carbons (Fsp3) is 0.409. The highest BCUT2D eigenvalue weighted by Crippen LogP contribution is 2.18. The highest BCUT2D eigenvalue weighted by molar-refractivity contribution is 6.30. The molecule has 7 heteroatoms. The average molecular weight is 416 g/mol. The number of hydrogen-bond acceptors (Lipinski definition) is 4. The van der Waals surface area contributed by atoms with Crippen molar-refractivity contribution in [1.29, 1.82) is 0 Å². The van der Waals surface area contributed by atoms with E-state index in [4.69, 9.17) is 11.6 Å². The molecule has 1 amide bonds. The minimum Gasteiger partial charge on any atom is -0.333 e. The van der Waals surface area contributed by atoms with Crippen molar-refractivity contribution in [1.82, 2.24) is 9.80 Å². The average Bonchev–Trinajstić information content (AvgIpc) is 2.73. The molecule has 1 heterocycles. The predicted octanol–water partition coefficient (Wildman–Crippen LogP) is 4.62. The zero-order valence-electron chi connectivity index (χ0n) is 16.6. The summed E-state index contributed by atoms with van der Waals surface area (Å²) in [6.45, 7) is 6.29. The third-order valence-corrected chi connectivity index (χ3v) is 5.71. The van der Waals surface area contributed by atoms with Gasteiger partial charge in [0, 0.05) is 42.4 Å². The number of benzene rings is 2. The van der Waals surface area contributed by atoms with Crippen molar-refractivity contribution in [3.05, 3.63) is 74.8 Å². The monoisotopic (exact) mass is 415 g/mol. The van der Waals surface area contributed by atoms with Crippen LogP contribution in [0.5, 0.6) is 0 Å². The number of piperidine rings is 1. The largest absolute Gasteiger partial charge is 0.333 e. The molecule has 1 fully saturated rings. The van der Waals surface area contributed by atoms with Gasteiger partial charge in [0.25, 0.3) is 11.6 Å². The Morgan fingerprint density at radius 3 is 2.34 bits per heavy atom. The van der Waals surface area contributed by atoms with Gasteiger partial charge in [-0.05, 0) is 61.7 Å². The first-order valence-electron chi connectivity index (χ1n) is 9.93. The normalized spacial score (nSPS) is 15.2. The minimum atomic E-state index is -0.461. The Labute approximate surface area is 176 Å². The molecule has 3 rings (SSSR count). The fourth-order valence-electron chi connectivity index (χ4n) is 3.52. The van der Waals surface area contributed by atoms with E-state index in [1.54, 1.807) is 0 Å². The van der Waals surface area contributed by atoms with Crippen LogP contribution in [0.4, 0.5) is 5.69 Å². The van der Waals surface area contributed by atoms with Gasteiger partial charge in [-0.15, -0.1) is 0 Å². The Hall–Kier alpha value is -2.44. The van der Waals surface area contributed by atoms with Gasteiger partial charge in [-0.3, -0.25) is 14.9 Å². The Morgan fingerprint density at radius 1 is 1.14 bits per heavy atom. The number of hydrogen-bond donors (Lipinski definition) is 0. The molecule has 1 aliphatic rings. The summed E-state index contributed by atoms with van der Waals surface area (Å²) < 4.78 is 0. The van der Waals surface area contributed by atoms with Crippen molar-refractivity contribution in [2.75, 3.05) is 26.2 Å². The number of non-ortho nitro benzene ring substituents is 1. The van der Waals surface area contributed by atoms with E-state index < -0.39 is 4.92 Å². The molecule has 2 aromatic rings. The Kier molecular flexibility index (Phi) is 7.23. The maximum atomic E-state index is 13.1. The van der Waals surface area contributed by atoms with Gasteiger partial charge in [-0.1, -0.05) is 30.7 Å². The summed E-state index contributed by atoms with van der Waals surface area (Å²) in [4.78, 5) is 27.8. The predicted molar refractivity (Wildman–Crippen MR) is 114 cm³/mol. The molecule has 154 valence electrons. The molecule has 0 spiro atoms. The number of likely N-dealkylation sites (tertiary alicyclic amines) is 1. The number of nitro benzene ring substituents is 1. The number of rotatable bonds is 7. The van der Waals surface area contributed by atoms with Gasteiger partial charge >= 0.3 is 0 Å². The Bertz CT molecular complexity index is 831. The molecule has 0 unspecified atom stereocenters. The third-order valence-electron chi connectivity index (χ3n) is 5.46. The maximum Gasteiger partial charge on any atom is 0.269 e. The molecule has 1 saturated heterocycles. The lowest BCUT2D eigenvalue weighted by molar-refractivity contribution is -0.384. The quantitative estimate of drug-likeness (QED) is 0.488. The summed E-state index contributed by atoms with van der Waals surface area (Å²) in [6, 6.07) is 13.3. The van der Waals surface area contributed by atoms with E-state index in [-0.39, 0.29) is 11.6 Å². The third kappa shape index (κ3) is 6.02. The molecule has 0 atom stereocenters. The van der Waals surface area contributed by atoms with Crippen LogP contribution in [0.15, 0.2) is 48.5 Å². The second kappa shape index (κ2) is 9.85. The first kappa shape index (κ1) is 21.3. The van der Waals surface area contributed by atoms with Gasteiger partial charge < -0.3 is 9.80 Å². The molecule has 1 aliphatic heterocycles. The highest BCUT2D eigenvalue weighted by Gasteiger charge is 2.20. The second-order valence-electron chi connectivity index (χ2n) is 7.68. The number of amides is 1. The molecular weight excluding hydrogens is 390 g/mol. The molecule has 0 saturated carbocycles. The van der Waals surface area contributed by atoms with Crippen LogP contribution in [0, 0.1) is 16.0 Å². The first-order valence-corrected chi connectivity index (χ1v) is 10.3. The van der Waals surface area contributed by atoms with Gasteiger partial charge in [0.1, 0.15) is 0 Å². The lowest BCUT2D eigenvalue weighted by Gasteiger charge is -2.32. The van der Waals surface area contributed by atoms with Gasteiger partial charge in [0.2, 0.25) is 0 Å². The van der Waals surface area contributed by atoms with Gasteiger partial charge in [0.15, 0.2) is 0 Å². The van der Waals surface area contributed by atoms with Crippen LogP contribution in [0.2, 0.25) is 5.02 Å². The van der Waals surface area contributed by atoms with E-state index in [0.717, 1.165) is 31.1 Å². The zero-order valence-corrected chi connectivity index (χ0v) is 17.3.